The van der Waals surface area contributed by atoms with Crippen LogP contribution < -0.4 is 15.0 Å². The minimum atomic E-state index is -2.85. The van der Waals surface area contributed by atoms with Crippen LogP contribution in [-0.2, 0) is 16.0 Å². The molecule has 2 aromatic rings. The van der Waals surface area contributed by atoms with E-state index in [-0.39, 0.29) is 24.1 Å². The monoisotopic (exact) mass is 392 g/mol. The predicted molar refractivity (Wildman–Crippen MR) is 99.3 cm³/mol. The van der Waals surface area contributed by atoms with Crippen LogP contribution >= 0.6 is 11.8 Å². The van der Waals surface area contributed by atoms with Crippen LogP contribution in [0.2, 0.25) is 0 Å². The van der Waals surface area contributed by atoms with Crippen molar-refractivity contribution in [2.45, 2.75) is 17.9 Å². The molecule has 0 atom stereocenters. The molecule has 1 N–H and O–H groups in total. The van der Waals surface area contributed by atoms with Gasteiger partial charge in [0, 0.05) is 11.4 Å². The summed E-state index contributed by atoms with van der Waals surface area (Å²) in [5.74, 6) is 0.0706. The van der Waals surface area contributed by atoms with E-state index in [0.29, 0.717) is 18.7 Å². The number of para-hydroxylation sites is 1. The molecule has 0 spiro atoms. The van der Waals surface area contributed by atoms with Crippen LogP contribution in [0.1, 0.15) is 5.56 Å². The molecule has 5 nitrogen and oxygen atoms in total. The Hall–Kier alpha value is -2.61. The zero-order chi connectivity index (χ0) is 19.2. The zero-order valence-electron chi connectivity index (χ0n) is 14.4. The molecule has 142 valence electrons. The fourth-order valence-corrected chi connectivity index (χ4v) is 3.65. The summed E-state index contributed by atoms with van der Waals surface area (Å²) in [6.07, 6.45) is 0.543. The molecule has 1 aliphatic heterocycles. The molecule has 8 heteroatoms. The van der Waals surface area contributed by atoms with Gasteiger partial charge in [-0.1, -0.05) is 24.3 Å². The summed E-state index contributed by atoms with van der Waals surface area (Å²) >= 11 is 1.47. The van der Waals surface area contributed by atoms with Crippen LogP contribution in [0.5, 0.6) is 5.75 Å². The van der Waals surface area contributed by atoms with Gasteiger partial charge in [0.25, 0.3) is 0 Å². The molecule has 0 aliphatic carbocycles. The fourth-order valence-electron chi connectivity index (χ4n) is 2.71. The zero-order valence-corrected chi connectivity index (χ0v) is 15.2. The first-order valence-corrected chi connectivity index (χ1v) is 9.34. The number of thioether (sulfide) groups is 1. The van der Waals surface area contributed by atoms with Gasteiger partial charge in [-0.2, -0.15) is 8.78 Å². The highest BCUT2D eigenvalue weighted by Crippen LogP contribution is 2.34. The minimum absolute atomic E-state index is 0.0302. The number of hydrogen-bond donors (Lipinski definition) is 1. The van der Waals surface area contributed by atoms with E-state index in [4.69, 9.17) is 0 Å². The van der Waals surface area contributed by atoms with E-state index in [2.05, 4.69) is 10.1 Å². The van der Waals surface area contributed by atoms with Crippen molar-refractivity contribution in [2.24, 2.45) is 0 Å². The molecule has 0 unspecified atom stereocenters. The van der Waals surface area contributed by atoms with Crippen molar-refractivity contribution >= 4 is 29.3 Å². The number of carbonyl (C=O) groups excluding carboxylic acids is 2. The lowest BCUT2D eigenvalue weighted by Crippen LogP contribution is -2.43. The molecule has 0 aromatic heterocycles. The van der Waals surface area contributed by atoms with Crippen molar-refractivity contribution in [1.82, 2.24) is 5.32 Å². The minimum Gasteiger partial charge on any atom is -0.435 e. The molecule has 27 heavy (non-hydrogen) atoms. The molecule has 0 saturated heterocycles. The van der Waals surface area contributed by atoms with Crippen LogP contribution in [-0.4, -0.2) is 37.3 Å². The molecule has 0 saturated carbocycles. The van der Waals surface area contributed by atoms with Crippen LogP contribution in [0.4, 0.5) is 14.5 Å². The lowest BCUT2D eigenvalue weighted by atomic mass is 10.1. The normalized spacial score (nSPS) is 13.4. The molecule has 2 aromatic carbocycles. The highest BCUT2D eigenvalue weighted by molar-refractivity contribution is 8.00. The average molecular weight is 392 g/mol. The molecule has 0 radical (unpaired) electrons. The second-order valence-electron chi connectivity index (χ2n) is 5.86. The summed E-state index contributed by atoms with van der Waals surface area (Å²) in [5, 5.41) is 2.79. The number of benzene rings is 2. The third kappa shape index (κ3) is 5.19. The Morgan fingerprint density at radius 2 is 1.93 bits per heavy atom. The summed E-state index contributed by atoms with van der Waals surface area (Å²) in [4.78, 5) is 26.9. The first kappa shape index (κ1) is 19.2. The number of rotatable bonds is 7. The number of carbonyl (C=O) groups is 2. The van der Waals surface area contributed by atoms with Gasteiger partial charge in [0.1, 0.15) is 12.3 Å². The topological polar surface area (TPSA) is 58.6 Å². The molecular formula is C19H18F2N2O3S. The fraction of sp³-hybridized carbons (Fsp3) is 0.263. The van der Waals surface area contributed by atoms with Crippen molar-refractivity contribution in [2.75, 3.05) is 23.7 Å². The van der Waals surface area contributed by atoms with Crippen LogP contribution in [0.3, 0.4) is 0 Å². The SMILES string of the molecule is O=C(CN1C(=O)CSc2ccccc21)NCCc1ccc(OC(F)F)cc1. The van der Waals surface area contributed by atoms with E-state index < -0.39 is 6.61 Å². The van der Waals surface area contributed by atoms with Gasteiger partial charge in [-0.25, -0.2) is 0 Å². The van der Waals surface area contributed by atoms with Crippen LogP contribution in [0.15, 0.2) is 53.4 Å². The Morgan fingerprint density at radius 3 is 2.67 bits per heavy atom. The number of halogens is 2. The lowest BCUT2D eigenvalue weighted by molar-refractivity contribution is -0.122. The van der Waals surface area contributed by atoms with Crippen LogP contribution in [0.25, 0.3) is 0 Å². The molecule has 3 rings (SSSR count). The van der Waals surface area contributed by atoms with E-state index in [1.165, 1.54) is 28.8 Å². The average Bonchev–Trinajstić information content (AvgIpc) is 2.65. The second kappa shape index (κ2) is 8.85. The number of fused-ring (bicyclic) bond motifs is 1. The maximum atomic E-state index is 12.2. The van der Waals surface area contributed by atoms with Gasteiger partial charge >= 0.3 is 6.61 Å². The van der Waals surface area contributed by atoms with Crippen molar-refractivity contribution < 1.29 is 23.1 Å². The molecule has 1 heterocycles. The molecule has 0 fully saturated rings. The summed E-state index contributed by atoms with van der Waals surface area (Å²) in [7, 11) is 0. The van der Waals surface area contributed by atoms with E-state index in [0.717, 1.165) is 16.1 Å². The predicted octanol–water partition coefficient (Wildman–Crippen LogP) is 3.09. The number of ether oxygens (including phenoxy) is 1. The Bertz CT molecular complexity index is 815. The van der Waals surface area contributed by atoms with Gasteiger partial charge in [0.15, 0.2) is 0 Å². The molecular weight excluding hydrogens is 374 g/mol. The number of amides is 2. The number of anilines is 1. The first-order chi connectivity index (χ1) is 13.0. The van der Waals surface area contributed by atoms with Crippen molar-refractivity contribution in [3.8, 4) is 5.75 Å². The van der Waals surface area contributed by atoms with Crippen molar-refractivity contribution in [1.29, 1.82) is 0 Å². The summed E-state index contributed by atoms with van der Waals surface area (Å²) in [6, 6.07) is 13.8. The lowest BCUT2D eigenvalue weighted by Gasteiger charge is -2.28. The second-order valence-corrected chi connectivity index (χ2v) is 6.88. The summed E-state index contributed by atoms with van der Waals surface area (Å²) in [6.45, 7) is -2.50. The largest absolute Gasteiger partial charge is 0.435 e. The van der Waals surface area contributed by atoms with Crippen molar-refractivity contribution in [3.05, 3.63) is 54.1 Å². The molecule has 2 amide bonds. The van der Waals surface area contributed by atoms with E-state index in [9.17, 15) is 18.4 Å². The molecule has 0 bridgehead atoms. The maximum absolute atomic E-state index is 12.2. The van der Waals surface area contributed by atoms with E-state index in [1.807, 2.05) is 24.3 Å². The Kier molecular flexibility index (Phi) is 6.28. The Balaban J connectivity index is 1.49. The smallest absolute Gasteiger partial charge is 0.387 e. The Morgan fingerprint density at radius 1 is 1.19 bits per heavy atom. The third-order valence-electron chi connectivity index (χ3n) is 3.99. The van der Waals surface area contributed by atoms with Gasteiger partial charge in [0.05, 0.1) is 11.4 Å². The van der Waals surface area contributed by atoms with Gasteiger partial charge < -0.3 is 15.0 Å². The number of hydrogen-bond acceptors (Lipinski definition) is 4. The third-order valence-corrected chi connectivity index (χ3v) is 5.04. The number of alkyl halides is 2. The number of nitrogens with zero attached hydrogens (tertiary/aromatic N) is 1. The number of nitrogens with one attached hydrogen (secondary N) is 1. The van der Waals surface area contributed by atoms with Gasteiger partial charge in [-0.3, -0.25) is 9.59 Å². The Labute approximate surface area is 159 Å². The first-order valence-electron chi connectivity index (χ1n) is 8.35. The van der Waals surface area contributed by atoms with Crippen molar-refractivity contribution in [3.63, 3.8) is 0 Å². The summed E-state index contributed by atoms with van der Waals surface area (Å²) < 4.78 is 28.5. The molecule has 1 aliphatic rings. The van der Waals surface area contributed by atoms with E-state index in [1.54, 1.807) is 12.1 Å². The highest BCUT2D eigenvalue weighted by atomic mass is 32.2. The summed E-state index contributed by atoms with van der Waals surface area (Å²) in [5.41, 5.74) is 1.64. The maximum Gasteiger partial charge on any atom is 0.387 e. The van der Waals surface area contributed by atoms with Gasteiger partial charge in [-0.15, -0.1) is 11.8 Å². The van der Waals surface area contributed by atoms with Crippen LogP contribution in [0, 0.1) is 0 Å². The standard InChI is InChI=1S/C19H18F2N2O3S/c20-19(21)26-14-7-5-13(6-8-14)9-10-22-17(24)11-23-15-3-1-2-4-16(15)27-12-18(23)25/h1-8,19H,9-12H2,(H,22,24). The van der Waals surface area contributed by atoms with Gasteiger partial charge in [0.2, 0.25) is 11.8 Å². The van der Waals surface area contributed by atoms with Gasteiger partial charge in [-0.05, 0) is 36.2 Å². The van der Waals surface area contributed by atoms with E-state index >= 15 is 0 Å². The quantitative estimate of drug-likeness (QED) is 0.787. The highest BCUT2D eigenvalue weighted by Gasteiger charge is 2.25.